The highest BCUT2D eigenvalue weighted by Gasteiger charge is 2.29. The summed E-state index contributed by atoms with van der Waals surface area (Å²) in [6.45, 7) is 3.06. The number of benzene rings is 1. The van der Waals surface area contributed by atoms with Crippen molar-refractivity contribution in [1.29, 1.82) is 0 Å². The highest BCUT2D eigenvalue weighted by Crippen LogP contribution is 2.27. The molecule has 0 radical (unpaired) electrons. The molecular weight excluding hydrogens is 282 g/mol. The fraction of sp³-hybridized carbons (Fsp3) is 0.562. The third-order valence-electron chi connectivity index (χ3n) is 4.72. The SMILES string of the molecule is O=C(C1CCCC1)N1CCN(c2ccc([N+](=O)[O-])cc2)CC1. The van der Waals surface area contributed by atoms with Crippen molar-refractivity contribution < 1.29 is 9.72 Å². The first-order valence-electron chi connectivity index (χ1n) is 7.93. The topological polar surface area (TPSA) is 66.7 Å². The first kappa shape index (κ1) is 14.8. The summed E-state index contributed by atoms with van der Waals surface area (Å²) in [6.07, 6.45) is 4.45. The van der Waals surface area contributed by atoms with Gasteiger partial charge in [0.2, 0.25) is 5.91 Å². The smallest absolute Gasteiger partial charge is 0.269 e. The second kappa shape index (κ2) is 6.34. The van der Waals surface area contributed by atoms with E-state index in [1.54, 1.807) is 12.1 Å². The van der Waals surface area contributed by atoms with Gasteiger partial charge >= 0.3 is 0 Å². The largest absolute Gasteiger partial charge is 0.368 e. The van der Waals surface area contributed by atoms with Gasteiger partial charge in [-0.3, -0.25) is 14.9 Å². The third kappa shape index (κ3) is 3.05. The number of hydrogen-bond donors (Lipinski definition) is 0. The lowest BCUT2D eigenvalue weighted by Gasteiger charge is -2.37. The van der Waals surface area contributed by atoms with Crippen molar-refractivity contribution >= 4 is 17.3 Å². The number of carbonyl (C=O) groups excluding carboxylic acids is 1. The predicted octanol–water partition coefficient (Wildman–Crippen LogP) is 2.43. The van der Waals surface area contributed by atoms with Gasteiger partial charge in [0, 0.05) is 49.9 Å². The van der Waals surface area contributed by atoms with Gasteiger partial charge in [-0.15, -0.1) is 0 Å². The molecule has 0 bridgehead atoms. The van der Waals surface area contributed by atoms with Gasteiger partial charge in [-0.25, -0.2) is 0 Å². The van der Waals surface area contributed by atoms with E-state index < -0.39 is 0 Å². The van der Waals surface area contributed by atoms with E-state index in [4.69, 9.17) is 0 Å². The number of nitrogens with zero attached hydrogens (tertiary/aromatic N) is 3. The van der Waals surface area contributed by atoms with Crippen molar-refractivity contribution in [1.82, 2.24) is 4.90 Å². The van der Waals surface area contributed by atoms with Crippen LogP contribution in [0.15, 0.2) is 24.3 Å². The molecule has 1 aliphatic heterocycles. The molecule has 3 rings (SSSR count). The number of carbonyl (C=O) groups is 1. The summed E-state index contributed by atoms with van der Waals surface area (Å²) < 4.78 is 0. The predicted molar refractivity (Wildman–Crippen MR) is 83.8 cm³/mol. The number of nitro benzene ring substituents is 1. The molecule has 1 saturated carbocycles. The van der Waals surface area contributed by atoms with Crippen LogP contribution in [0, 0.1) is 16.0 Å². The Kier molecular flexibility index (Phi) is 4.27. The normalized spacial score (nSPS) is 19.5. The van der Waals surface area contributed by atoms with Crippen LogP contribution in [-0.2, 0) is 4.79 Å². The van der Waals surface area contributed by atoms with Gasteiger partial charge < -0.3 is 9.80 Å². The van der Waals surface area contributed by atoms with Gasteiger partial charge in [-0.05, 0) is 25.0 Å². The van der Waals surface area contributed by atoms with E-state index >= 15 is 0 Å². The fourth-order valence-corrected chi connectivity index (χ4v) is 3.40. The van der Waals surface area contributed by atoms with Crippen molar-refractivity contribution in [2.24, 2.45) is 5.92 Å². The minimum Gasteiger partial charge on any atom is -0.368 e. The Hall–Kier alpha value is -2.11. The van der Waals surface area contributed by atoms with E-state index in [-0.39, 0.29) is 16.5 Å². The molecule has 1 heterocycles. The van der Waals surface area contributed by atoms with Crippen molar-refractivity contribution in [2.45, 2.75) is 25.7 Å². The average molecular weight is 303 g/mol. The molecule has 6 nitrogen and oxygen atoms in total. The summed E-state index contributed by atoms with van der Waals surface area (Å²) in [5.74, 6) is 0.562. The van der Waals surface area contributed by atoms with Crippen LogP contribution in [0.4, 0.5) is 11.4 Å². The molecular formula is C16H21N3O3. The standard InChI is InChI=1S/C16H21N3O3/c20-16(13-3-1-2-4-13)18-11-9-17(10-12-18)14-5-7-15(8-6-14)19(21)22/h5-8,13H,1-4,9-12H2. The van der Waals surface area contributed by atoms with Crippen molar-refractivity contribution in [3.05, 3.63) is 34.4 Å². The van der Waals surface area contributed by atoms with Crippen molar-refractivity contribution in [3.8, 4) is 0 Å². The van der Waals surface area contributed by atoms with Crippen LogP contribution in [0.1, 0.15) is 25.7 Å². The molecule has 6 heteroatoms. The molecule has 1 aliphatic carbocycles. The lowest BCUT2D eigenvalue weighted by atomic mass is 10.1. The maximum absolute atomic E-state index is 12.4. The van der Waals surface area contributed by atoms with Crippen LogP contribution in [0.3, 0.4) is 0 Å². The molecule has 118 valence electrons. The fourth-order valence-electron chi connectivity index (χ4n) is 3.40. The molecule has 2 aliphatic rings. The Morgan fingerprint density at radius 3 is 2.18 bits per heavy atom. The van der Waals surface area contributed by atoms with Crippen LogP contribution >= 0.6 is 0 Å². The zero-order chi connectivity index (χ0) is 15.5. The molecule has 0 unspecified atom stereocenters. The quantitative estimate of drug-likeness (QED) is 0.635. The van der Waals surface area contributed by atoms with E-state index in [1.807, 2.05) is 4.90 Å². The van der Waals surface area contributed by atoms with E-state index in [1.165, 1.54) is 25.0 Å². The zero-order valence-electron chi connectivity index (χ0n) is 12.6. The minimum atomic E-state index is -0.387. The minimum absolute atomic E-state index is 0.110. The van der Waals surface area contributed by atoms with Crippen molar-refractivity contribution in [2.75, 3.05) is 31.1 Å². The maximum atomic E-state index is 12.4. The Balaban J connectivity index is 1.57. The van der Waals surface area contributed by atoms with E-state index in [2.05, 4.69) is 4.90 Å². The number of piperazine rings is 1. The van der Waals surface area contributed by atoms with Gasteiger partial charge in [0.15, 0.2) is 0 Å². The number of rotatable bonds is 3. The van der Waals surface area contributed by atoms with Crippen LogP contribution in [-0.4, -0.2) is 41.9 Å². The van der Waals surface area contributed by atoms with Gasteiger partial charge in [0.25, 0.3) is 5.69 Å². The van der Waals surface area contributed by atoms with Gasteiger partial charge in [-0.2, -0.15) is 0 Å². The Labute approximate surface area is 129 Å². The molecule has 2 fully saturated rings. The van der Waals surface area contributed by atoms with Gasteiger partial charge in [0.1, 0.15) is 0 Å². The molecule has 1 amide bonds. The summed E-state index contributed by atoms with van der Waals surface area (Å²) in [7, 11) is 0. The summed E-state index contributed by atoms with van der Waals surface area (Å²) in [5, 5.41) is 10.7. The van der Waals surface area contributed by atoms with Crippen LogP contribution < -0.4 is 4.90 Å². The maximum Gasteiger partial charge on any atom is 0.269 e. The lowest BCUT2D eigenvalue weighted by molar-refractivity contribution is -0.384. The van der Waals surface area contributed by atoms with Gasteiger partial charge in [0.05, 0.1) is 4.92 Å². The molecule has 0 aromatic heterocycles. The Morgan fingerprint density at radius 1 is 1.05 bits per heavy atom. The van der Waals surface area contributed by atoms with E-state index in [9.17, 15) is 14.9 Å². The second-order valence-electron chi connectivity index (χ2n) is 6.07. The zero-order valence-corrected chi connectivity index (χ0v) is 12.6. The van der Waals surface area contributed by atoms with Crippen LogP contribution in [0.5, 0.6) is 0 Å². The summed E-state index contributed by atoms with van der Waals surface area (Å²) >= 11 is 0. The highest BCUT2D eigenvalue weighted by molar-refractivity contribution is 5.79. The summed E-state index contributed by atoms with van der Waals surface area (Å²) in [5.41, 5.74) is 1.09. The summed E-state index contributed by atoms with van der Waals surface area (Å²) in [4.78, 5) is 26.9. The third-order valence-corrected chi connectivity index (χ3v) is 4.72. The Morgan fingerprint density at radius 2 is 1.64 bits per heavy atom. The monoisotopic (exact) mass is 303 g/mol. The molecule has 0 spiro atoms. The first-order chi connectivity index (χ1) is 10.6. The molecule has 22 heavy (non-hydrogen) atoms. The van der Waals surface area contributed by atoms with Crippen molar-refractivity contribution in [3.63, 3.8) is 0 Å². The number of amides is 1. The Bertz CT molecular complexity index is 544. The molecule has 0 N–H and O–H groups in total. The lowest BCUT2D eigenvalue weighted by Crippen LogP contribution is -2.50. The van der Waals surface area contributed by atoms with E-state index in [0.717, 1.165) is 44.7 Å². The number of nitro groups is 1. The number of non-ortho nitro benzene ring substituents is 1. The van der Waals surface area contributed by atoms with Crippen LogP contribution in [0.25, 0.3) is 0 Å². The summed E-state index contributed by atoms with van der Waals surface area (Å²) in [6, 6.07) is 6.63. The van der Waals surface area contributed by atoms with Crippen LogP contribution in [0.2, 0.25) is 0 Å². The molecule has 0 atom stereocenters. The average Bonchev–Trinajstić information content (AvgIpc) is 3.09. The second-order valence-corrected chi connectivity index (χ2v) is 6.07. The number of anilines is 1. The molecule has 1 aromatic carbocycles. The number of hydrogen-bond acceptors (Lipinski definition) is 4. The van der Waals surface area contributed by atoms with E-state index in [0.29, 0.717) is 5.91 Å². The molecule has 1 saturated heterocycles. The molecule has 1 aromatic rings. The first-order valence-corrected chi connectivity index (χ1v) is 7.93. The highest BCUT2D eigenvalue weighted by atomic mass is 16.6. The van der Waals surface area contributed by atoms with Gasteiger partial charge in [-0.1, -0.05) is 12.8 Å².